The van der Waals surface area contributed by atoms with Crippen LogP contribution >= 0.6 is 35.6 Å². The zero-order valence-electron chi connectivity index (χ0n) is 14.8. The number of nitrogens with zero attached hydrogens (tertiary/aromatic N) is 1. The first-order valence-electron chi connectivity index (χ1n) is 7.82. The predicted molar refractivity (Wildman–Crippen MR) is 113 cm³/mol. The second-order valence-electron chi connectivity index (χ2n) is 5.42. The van der Waals surface area contributed by atoms with Crippen molar-refractivity contribution < 1.29 is 19.0 Å². The Morgan fingerprint density at radius 3 is 2.26 bits per heavy atom. The second kappa shape index (κ2) is 8.21. The number of methoxy groups -OCH3 is 3. The van der Waals surface area contributed by atoms with Gasteiger partial charge in [-0.1, -0.05) is 35.6 Å². The van der Waals surface area contributed by atoms with Gasteiger partial charge >= 0.3 is 0 Å². The van der Waals surface area contributed by atoms with Gasteiger partial charge in [0.25, 0.3) is 5.91 Å². The van der Waals surface area contributed by atoms with Crippen molar-refractivity contribution in [2.75, 3.05) is 26.2 Å². The van der Waals surface area contributed by atoms with Gasteiger partial charge in [0.2, 0.25) is 5.75 Å². The summed E-state index contributed by atoms with van der Waals surface area (Å²) in [6.45, 7) is 0. The number of benzene rings is 2. The third kappa shape index (κ3) is 3.76. The first kappa shape index (κ1) is 19.5. The van der Waals surface area contributed by atoms with Gasteiger partial charge in [-0.2, -0.15) is 0 Å². The maximum Gasteiger partial charge on any atom is 0.270 e. The molecule has 0 atom stereocenters. The Kier molecular flexibility index (Phi) is 5.94. The molecule has 2 aromatic carbocycles. The van der Waals surface area contributed by atoms with Gasteiger partial charge in [-0.05, 0) is 42.5 Å². The smallest absolute Gasteiger partial charge is 0.270 e. The monoisotopic (exact) mass is 421 g/mol. The van der Waals surface area contributed by atoms with E-state index in [4.69, 9.17) is 38.0 Å². The number of thioether (sulfide) groups is 1. The highest BCUT2D eigenvalue weighted by molar-refractivity contribution is 8.27. The lowest BCUT2D eigenvalue weighted by atomic mass is 10.1. The molecule has 1 amide bonds. The first-order valence-corrected chi connectivity index (χ1v) is 9.43. The summed E-state index contributed by atoms with van der Waals surface area (Å²) in [5, 5.41) is 0.592. The first-order chi connectivity index (χ1) is 13.0. The molecule has 8 heteroatoms. The minimum absolute atomic E-state index is 0.204. The molecule has 0 radical (unpaired) electrons. The van der Waals surface area contributed by atoms with E-state index in [0.717, 1.165) is 0 Å². The molecule has 1 saturated heterocycles. The van der Waals surface area contributed by atoms with E-state index in [-0.39, 0.29) is 5.91 Å². The Morgan fingerprint density at radius 2 is 1.67 bits per heavy atom. The zero-order chi connectivity index (χ0) is 19.6. The topological polar surface area (TPSA) is 48.0 Å². The van der Waals surface area contributed by atoms with Crippen LogP contribution in [0.5, 0.6) is 17.2 Å². The number of halogens is 1. The van der Waals surface area contributed by atoms with Crippen molar-refractivity contribution in [3.63, 3.8) is 0 Å². The third-order valence-electron chi connectivity index (χ3n) is 3.90. The highest BCUT2D eigenvalue weighted by Gasteiger charge is 2.33. The fourth-order valence-electron chi connectivity index (χ4n) is 2.66. The van der Waals surface area contributed by atoms with Crippen molar-refractivity contribution in [3.8, 4) is 17.2 Å². The van der Waals surface area contributed by atoms with E-state index >= 15 is 0 Å². The zero-order valence-corrected chi connectivity index (χ0v) is 17.2. The molecule has 0 bridgehead atoms. The van der Waals surface area contributed by atoms with E-state index in [0.29, 0.717) is 42.7 Å². The van der Waals surface area contributed by atoms with Crippen molar-refractivity contribution in [3.05, 3.63) is 51.9 Å². The molecule has 0 aromatic heterocycles. The van der Waals surface area contributed by atoms with Crippen LogP contribution in [0.1, 0.15) is 5.56 Å². The van der Waals surface area contributed by atoms with Gasteiger partial charge in [-0.3, -0.25) is 9.69 Å². The van der Waals surface area contributed by atoms with Gasteiger partial charge in [0.15, 0.2) is 15.8 Å². The number of anilines is 1. The van der Waals surface area contributed by atoms with Crippen molar-refractivity contribution in [2.24, 2.45) is 0 Å². The van der Waals surface area contributed by atoms with Crippen molar-refractivity contribution >= 4 is 57.6 Å². The summed E-state index contributed by atoms with van der Waals surface area (Å²) in [5.41, 5.74) is 1.36. The second-order valence-corrected chi connectivity index (χ2v) is 7.53. The molecule has 0 spiro atoms. The van der Waals surface area contributed by atoms with Gasteiger partial charge in [0.05, 0.1) is 31.9 Å². The van der Waals surface area contributed by atoms with Crippen LogP contribution in [0, 0.1) is 0 Å². The Hall–Kier alpha value is -2.22. The van der Waals surface area contributed by atoms with Crippen LogP contribution in [0.25, 0.3) is 6.08 Å². The van der Waals surface area contributed by atoms with E-state index in [2.05, 4.69) is 0 Å². The average Bonchev–Trinajstić information content (AvgIpc) is 2.95. The molecule has 2 aromatic rings. The molecule has 27 heavy (non-hydrogen) atoms. The van der Waals surface area contributed by atoms with Crippen LogP contribution in [0.2, 0.25) is 5.02 Å². The molecule has 1 heterocycles. The van der Waals surface area contributed by atoms with Gasteiger partial charge in [-0.25, -0.2) is 0 Å². The highest BCUT2D eigenvalue weighted by atomic mass is 35.5. The van der Waals surface area contributed by atoms with Crippen molar-refractivity contribution in [1.29, 1.82) is 0 Å². The number of amides is 1. The number of hydrogen-bond donors (Lipinski definition) is 0. The van der Waals surface area contributed by atoms with Crippen LogP contribution in [0.15, 0.2) is 41.3 Å². The summed E-state index contributed by atoms with van der Waals surface area (Å²) >= 11 is 12.5. The minimum Gasteiger partial charge on any atom is -0.493 e. The molecule has 0 saturated carbocycles. The number of carbonyl (C=O) groups is 1. The number of thiocarbonyl (C=S) groups is 1. The maximum atomic E-state index is 12.9. The Labute approximate surface area is 171 Å². The average molecular weight is 422 g/mol. The van der Waals surface area contributed by atoms with Crippen LogP contribution in [-0.2, 0) is 4.79 Å². The lowest BCUT2D eigenvalue weighted by Crippen LogP contribution is -2.27. The van der Waals surface area contributed by atoms with Crippen LogP contribution in [0.4, 0.5) is 5.69 Å². The van der Waals surface area contributed by atoms with Gasteiger partial charge in [-0.15, -0.1) is 0 Å². The van der Waals surface area contributed by atoms with Crippen LogP contribution in [-0.4, -0.2) is 31.6 Å². The molecule has 1 aliphatic rings. The lowest BCUT2D eigenvalue weighted by Gasteiger charge is -2.15. The molecule has 140 valence electrons. The quantitative estimate of drug-likeness (QED) is 0.512. The third-order valence-corrected chi connectivity index (χ3v) is 5.45. The van der Waals surface area contributed by atoms with Crippen molar-refractivity contribution in [1.82, 2.24) is 0 Å². The number of rotatable bonds is 5. The summed E-state index contributed by atoms with van der Waals surface area (Å²) in [7, 11) is 4.62. The molecular formula is C19H16ClNO4S2. The SMILES string of the molecule is COc1ccc(C=C2SC(=S)N(c3ccc(Cl)cc3)C2=O)c(OC)c1OC. The van der Waals surface area contributed by atoms with E-state index in [1.165, 1.54) is 30.9 Å². The normalized spacial score (nSPS) is 15.4. The van der Waals surface area contributed by atoms with Gasteiger partial charge in [0, 0.05) is 10.6 Å². The predicted octanol–water partition coefficient (Wildman–Crippen LogP) is 4.77. The molecule has 1 aliphatic heterocycles. The molecule has 3 rings (SSSR count). The molecule has 5 nitrogen and oxygen atoms in total. The molecule has 0 aliphatic carbocycles. The van der Waals surface area contributed by atoms with E-state index < -0.39 is 0 Å². The molecular weight excluding hydrogens is 406 g/mol. The van der Waals surface area contributed by atoms with Crippen molar-refractivity contribution in [2.45, 2.75) is 0 Å². The Morgan fingerprint density at radius 1 is 1.00 bits per heavy atom. The van der Waals surface area contributed by atoms with Gasteiger partial charge in [0.1, 0.15) is 0 Å². The number of carbonyl (C=O) groups excluding carboxylic acids is 1. The standard InChI is InChI=1S/C19H16ClNO4S2/c1-23-14-9-4-11(16(24-2)17(14)25-3)10-15-18(22)21(19(26)27-15)13-7-5-12(20)6-8-13/h4-10H,1-3H3. The largest absolute Gasteiger partial charge is 0.493 e. The van der Waals surface area contributed by atoms with Gasteiger partial charge < -0.3 is 14.2 Å². The fourth-order valence-corrected chi connectivity index (χ4v) is 4.08. The molecule has 1 fully saturated rings. The summed E-state index contributed by atoms with van der Waals surface area (Å²) in [6, 6.07) is 10.5. The fraction of sp³-hybridized carbons (Fsp3) is 0.158. The molecule has 0 N–H and O–H groups in total. The number of hydrogen-bond acceptors (Lipinski definition) is 6. The Bertz CT molecular complexity index is 928. The van der Waals surface area contributed by atoms with Crippen LogP contribution < -0.4 is 19.1 Å². The summed E-state index contributed by atoms with van der Waals surface area (Å²) in [4.78, 5) is 14.9. The minimum atomic E-state index is -0.204. The summed E-state index contributed by atoms with van der Waals surface area (Å²) in [5.74, 6) is 1.28. The Balaban J connectivity index is 2.00. The van der Waals surface area contributed by atoms with E-state index in [9.17, 15) is 4.79 Å². The lowest BCUT2D eigenvalue weighted by molar-refractivity contribution is -0.113. The molecule has 0 unspecified atom stereocenters. The highest BCUT2D eigenvalue weighted by Crippen LogP contribution is 2.43. The van der Waals surface area contributed by atoms with E-state index in [1.54, 1.807) is 49.6 Å². The summed E-state index contributed by atoms with van der Waals surface area (Å²) in [6.07, 6.45) is 1.73. The van der Waals surface area contributed by atoms with Crippen LogP contribution in [0.3, 0.4) is 0 Å². The van der Waals surface area contributed by atoms with E-state index in [1.807, 2.05) is 0 Å². The maximum absolute atomic E-state index is 12.9. The number of ether oxygens (including phenoxy) is 3. The summed E-state index contributed by atoms with van der Waals surface area (Å²) < 4.78 is 16.6.